The molecule has 10 N–H and O–H groups in total. The summed E-state index contributed by atoms with van der Waals surface area (Å²) in [6, 6.07) is -0.901. The van der Waals surface area contributed by atoms with Crippen LogP contribution in [0.5, 0.6) is 0 Å². The van der Waals surface area contributed by atoms with Crippen LogP contribution in [0.3, 0.4) is 0 Å². The molecule has 13 nitrogen and oxygen atoms in total. The summed E-state index contributed by atoms with van der Waals surface area (Å²) in [5, 5.41) is 18.2. The van der Waals surface area contributed by atoms with Crippen LogP contribution in [0.1, 0.15) is 187 Å². The Hall–Kier alpha value is -2.80. The lowest BCUT2D eigenvalue weighted by Crippen LogP contribution is -2.59. The topological polar surface area (TPSA) is 211 Å². The van der Waals surface area contributed by atoms with Crippen LogP contribution in [0.25, 0.3) is 0 Å². The third-order valence-electron chi connectivity index (χ3n) is 9.60. The highest BCUT2D eigenvalue weighted by Crippen LogP contribution is 2.17. The minimum absolute atomic E-state index is 0. The van der Waals surface area contributed by atoms with E-state index in [9.17, 15) is 14.4 Å². The van der Waals surface area contributed by atoms with Gasteiger partial charge in [-0.25, -0.2) is 5.01 Å². The van der Waals surface area contributed by atoms with E-state index in [0.717, 1.165) is 38.5 Å². The predicted octanol–water partition coefficient (Wildman–Crippen LogP) is 7.22. The minimum atomic E-state index is -0.901. The van der Waals surface area contributed by atoms with Crippen LogP contribution in [0, 0.1) is 10.8 Å². The summed E-state index contributed by atoms with van der Waals surface area (Å²) in [4.78, 5) is 41.6. The van der Waals surface area contributed by atoms with E-state index >= 15 is 0 Å². The molecule has 0 saturated heterocycles. The first-order valence-electron chi connectivity index (χ1n) is 20.9. The van der Waals surface area contributed by atoms with E-state index in [1.165, 1.54) is 111 Å². The molecule has 312 valence electrons. The monoisotopic (exact) mass is 773 g/mol. The molecular weight excluding hydrogens is 692 g/mol. The van der Waals surface area contributed by atoms with Crippen molar-refractivity contribution in [1.82, 2.24) is 25.8 Å². The van der Waals surface area contributed by atoms with E-state index in [0.29, 0.717) is 45.2 Å². The van der Waals surface area contributed by atoms with Gasteiger partial charge in [0.05, 0.1) is 0 Å². The summed E-state index contributed by atoms with van der Waals surface area (Å²) < 4.78 is 0. The number of nitrogens with zero attached hydrogens (tertiary/aromatic N) is 3. The van der Waals surface area contributed by atoms with E-state index < -0.39 is 12.0 Å². The van der Waals surface area contributed by atoms with Crippen molar-refractivity contribution in [2.24, 2.45) is 17.2 Å². The first kappa shape index (κ1) is 52.3. The largest absolute Gasteiger partial charge is 0.369 e. The Labute approximate surface area is 329 Å². The number of amides is 3. The molecule has 53 heavy (non-hydrogen) atoms. The Morgan fingerprint density at radius 3 is 1.36 bits per heavy atom. The van der Waals surface area contributed by atoms with E-state index in [4.69, 9.17) is 28.0 Å². The van der Waals surface area contributed by atoms with Crippen molar-refractivity contribution in [2.75, 3.05) is 26.7 Å². The lowest BCUT2D eigenvalue weighted by molar-refractivity contribution is -0.147. The summed E-state index contributed by atoms with van der Waals surface area (Å²) >= 11 is 0. The second kappa shape index (κ2) is 36.2. The number of nitrogens with one attached hydrogen (secondary N) is 4. The number of hydrogen-bond acceptors (Lipinski definition) is 6. The smallest absolute Gasteiger partial charge is 0.247 e. The quantitative estimate of drug-likeness (QED) is 0.0156. The molecule has 0 aliphatic heterocycles. The molecule has 3 amide bonds. The minimum Gasteiger partial charge on any atom is -0.369 e. The van der Waals surface area contributed by atoms with Crippen molar-refractivity contribution in [3.63, 3.8) is 0 Å². The molecule has 0 rings (SSSR count). The molecule has 0 heterocycles. The third-order valence-corrected chi connectivity index (χ3v) is 9.60. The predicted molar refractivity (Wildman–Crippen MR) is 222 cm³/mol. The van der Waals surface area contributed by atoms with Gasteiger partial charge in [0.1, 0.15) is 6.04 Å². The summed E-state index contributed by atoms with van der Waals surface area (Å²) in [5.74, 6) is -1.43. The zero-order valence-corrected chi connectivity index (χ0v) is 34.8. The van der Waals surface area contributed by atoms with Gasteiger partial charge >= 0.3 is 0 Å². The van der Waals surface area contributed by atoms with Crippen LogP contribution in [-0.2, 0) is 14.4 Å². The molecule has 0 unspecified atom stereocenters. The van der Waals surface area contributed by atoms with Crippen molar-refractivity contribution >= 4 is 42.0 Å². The zero-order valence-electron chi connectivity index (χ0n) is 34.0. The molecule has 0 spiro atoms. The highest BCUT2D eigenvalue weighted by atomic mass is 35.5. The molecule has 0 saturated carbocycles. The molecule has 14 heteroatoms. The number of guanidine groups is 2. The van der Waals surface area contributed by atoms with Gasteiger partial charge < -0.3 is 22.1 Å². The van der Waals surface area contributed by atoms with Crippen LogP contribution in [0.15, 0.2) is 0 Å². The maximum atomic E-state index is 13.6. The fourth-order valence-electron chi connectivity index (χ4n) is 6.50. The highest BCUT2D eigenvalue weighted by molar-refractivity contribution is 5.89. The zero-order chi connectivity index (χ0) is 38.8. The molecular formula is C39H81ClN10O3. The number of carbonyl (C=O) groups is 3. The van der Waals surface area contributed by atoms with Gasteiger partial charge in [-0.3, -0.25) is 41.1 Å². The maximum Gasteiger partial charge on any atom is 0.247 e. The van der Waals surface area contributed by atoms with Crippen LogP contribution in [0.2, 0.25) is 0 Å². The van der Waals surface area contributed by atoms with Crippen molar-refractivity contribution in [2.45, 2.75) is 193 Å². The Morgan fingerprint density at radius 1 is 0.566 bits per heavy atom. The van der Waals surface area contributed by atoms with Crippen molar-refractivity contribution in [3.05, 3.63) is 0 Å². The Balaban J connectivity index is 0. The average molecular weight is 774 g/mol. The van der Waals surface area contributed by atoms with Gasteiger partial charge in [-0.2, -0.15) is 0 Å². The van der Waals surface area contributed by atoms with Crippen LogP contribution < -0.4 is 28.1 Å². The second-order valence-corrected chi connectivity index (χ2v) is 14.5. The van der Waals surface area contributed by atoms with Gasteiger partial charge in [-0.05, 0) is 32.1 Å². The number of likely N-dealkylation sites (N-methyl/N-ethyl adjacent to an activating group) is 1. The molecule has 1 atom stereocenters. The number of hydrogen-bond donors (Lipinski definition) is 7. The van der Waals surface area contributed by atoms with Crippen LogP contribution in [0.4, 0.5) is 0 Å². The van der Waals surface area contributed by atoms with Gasteiger partial charge in [-0.15, -0.1) is 12.4 Å². The SMILES string of the molecule is CCCCCCCCCCCCCC(=O)N(CCCC[C@@H](C(=O)N(C)CCN)N(NC(=N)N)C(=O)CCCCCCCCCCCCC)NC(=N)N.Cl. The van der Waals surface area contributed by atoms with E-state index in [-0.39, 0.29) is 49.1 Å². The number of unbranched alkanes of at least 4 members (excludes halogenated alkanes) is 21. The lowest BCUT2D eigenvalue weighted by atomic mass is 10.0. The molecule has 0 radical (unpaired) electrons. The Bertz CT molecular complexity index is 958. The first-order valence-corrected chi connectivity index (χ1v) is 20.9. The molecule has 0 fully saturated rings. The summed E-state index contributed by atoms with van der Waals surface area (Å²) in [6.45, 7) is 5.35. The van der Waals surface area contributed by atoms with E-state index in [1.807, 2.05) is 0 Å². The summed E-state index contributed by atoms with van der Waals surface area (Å²) in [5.41, 5.74) is 22.3. The standard InChI is InChI=1S/C39H80N10O3.ClH/c1-4-6-8-10-12-14-16-18-20-22-24-29-35(50)48(45-38(41)42)32-27-26-28-34(37(52)47(3)33-31-40)49(46-39(43)44)36(51)30-25-23-21-19-17-15-13-11-9-7-5-2;/h34H,4-33,40H2,1-3H3,(H4,41,42,45)(H4,43,44,46);1H/t34-;/m0./s1. The van der Waals surface area contributed by atoms with Gasteiger partial charge in [0.25, 0.3) is 0 Å². The summed E-state index contributed by atoms with van der Waals surface area (Å²) in [7, 11) is 1.65. The van der Waals surface area contributed by atoms with Crippen LogP contribution in [-0.4, -0.2) is 77.3 Å². The van der Waals surface area contributed by atoms with Gasteiger partial charge in [-0.1, -0.05) is 142 Å². The molecule has 0 aromatic carbocycles. The molecule has 0 aliphatic rings. The van der Waals surface area contributed by atoms with Crippen molar-refractivity contribution in [3.8, 4) is 0 Å². The van der Waals surface area contributed by atoms with Crippen LogP contribution >= 0.6 is 12.4 Å². The number of nitrogens with two attached hydrogens (primary N) is 3. The van der Waals surface area contributed by atoms with Gasteiger partial charge in [0.2, 0.25) is 29.6 Å². The highest BCUT2D eigenvalue weighted by Gasteiger charge is 2.32. The number of rotatable bonds is 33. The maximum absolute atomic E-state index is 13.6. The molecule has 0 aromatic rings. The number of hydrazine groups is 2. The molecule has 0 aliphatic carbocycles. The first-order chi connectivity index (χ1) is 25.1. The van der Waals surface area contributed by atoms with E-state index in [2.05, 4.69) is 24.7 Å². The lowest BCUT2D eigenvalue weighted by Gasteiger charge is -2.34. The van der Waals surface area contributed by atoms with E-state index in [1.54, 1.807) is 7.05 Å². The van der Waals surface area contributed by atoms with Crippen molar-refractivity contribution in [1.29, 1.82) is 10.8 Å². The Kier molecular flexibility index (Phi) is 35.7. The van der Waals surface area contributed by atoms with Gasteiger partial charge in [0, 0.05) is 39.5 Å². The fraction of sp³-hybridized carbons (Fsp3) is 0.872. The summed E-state index contributed by atoms with van der Waals surface area (Å²) in [6.07, 6.45) is 27.9. The molecule has 0 bridgehead atoms. The molecule has 0 aromatic heterocycles. The third kappa shape index (κ3) is 29.3. The average Bonchev–Trinajstić information content (AvgIpc) is 3.11. The van der Waals surface area contributed by atoms with Crippen molar-refractivity contribution < 1.29 is 14.4 Å². The Morgan fingerprint density at radius 2 is 0.962 bits per heavy atom. The number of halogens is 1. The fourth-order valence-corrected chi connectivity index (χ4v) is 6.50. The normalized spacial score (nSPS) is 11.3. The number of carbonyl (C=O) groups excluding carboxylic acids is 3. The van der Waals surface area contributed by atoms with Gasteiger partial charge in [0.15, 0.2) is 0 Å². The second-order valence-electron chi connectivity index (χ2n) is 14.5.